The smallest absolute Gasteiger partial charge is 0.145 e. The minimum Gasteiger partial charge on any atom is -0.377 e. The van der Waals surface area contributed by atoms with E-state index in [2.05, 4.69) is 74.1 Å². The van der Waals surface area contributed by atoms with Crippen LogP contribution in [-0.4, -0.2) is 19.0 Å². The van der Waals surface area contributed by atoms with Gasteiger partial charge in [-0.1, -0.05) is 19.9 Å². The lowest BCUT2D eigenvalue weighted by Gasteiger charge is -2.28. The summed E-state index contributed by atoms with van der Waals surface area (Å²) < 4.78 is 2.12. The number of nitrogens with one attached hydrogen (secondary N) is 1. The summed E-state index contributed by atoms with van der Waals surface area (Å²) in [4.78, 5) is 7.91. The van der Waals surface area contributed by atoms with E-state index in [4.69, 9.17) is 0 Å². The molecule has 5 nitrogen and oxygen atoms in total. The van der Waals surface area contributed by atoms with E-state index in [0.717, 1.165) is 33.1 Å². The maximum Gasteiger partial charge on any atom is 0.145 e. The zero-order valence-corrected chi connectivity index (χ0v) is 19.6. The Bertz CT molecular complexity index is 1280. The summed E-state index contributed by atoms with van der Waals surface area (Å²) in [6, 6.07) is 11.7. The van der Waals surface area contributed by atoms with Crippen LogP contribution in [0.15, 0.2) is 36.5 Å². The second kappa shape index (κ2) is 7.35. The second-order valence-electron chi connectivity index (χ2n) is 7.79. The van der Waals surface area contributed by atoms with Crippen molar-refractivity contribution in [2.45, 2.75) is 39.2 Å². The van der Waals surface area contributed by atoms with Gasteiger partial charge in [-0.05, 0) is 55.2 Å². The molecular formula is C22H21IN4OS. The molecule has 148 valence electrons. The average Bonchev–Trinajstić information content (AvgIpc) is 3.31. The predicted octanol–water partition coefficient (Wildman–Crippen LogP) is 5.92. The lowest BCUT2D eigenvalue weighted by Crippen LogP contribution is -2.27. The minimum absolute atomic E-state index is 0.241. The number of halogens is 1. The van der Waals surface area contributed by atoms with Crippen molar-refractivity contribution in [3.63, 3.8) is 0 Å². The number of aryl methyl sites for hydroxylation is 1. The van der Waals surface area contributed by atoms with Gasteiger partial charge in [0.05, 0.1) is 28.2 Å². The number of H-pyrrole nitrogens is 1. The summed E-state index contributed by atoms with van der Waals surface area (Å²) >= 11 is 2.27. The van der Waals surface area contributed by atoms with Crippen molar-refractivity contribution in [3.05, 3.63) is 64.6 Å². The first-order valence-electron chi connectivity index (χ1n) is 9.34. The molecule has 4 aromatic rings. The standard InChI is InChI=1S/C22H21IN4OS/c1-12(2)16-9-13(3)20-15(7-8-27(20)29-23)19(16)22(4,28)21-25-17-6-5-14(11-24)10-18(17)26-21/h5-10,12,28H,1-4H3,(H,25,26). The van der Waals surface area contributed by atoms with E-state index in [1.165, 1.54) is 5.56 Å². The number of benzene rings is 2. The maximum absolute atomic E-state index is 11.8. The van der Waals surface area contributed by atoms with E-state index in [9.17, 15) is 10.4 Å². The van der Waals surface area contributed by atoms with Crippen LogP contribution in [0, 0.1) is 18.3 Å². The van der Waals surface area contributed by atoms with Gasteiger partial charge < -0.3 is 10.1 Å². The van der Waals surface area contributed by atoms with Crippen LogP contribution in [0.2, 0.25) is 0 Å². The lowest BCUT2D eigenvalue weighted by atomic mass is 9.82. The second-order valence-corrected chi connectivity index (χ2v) is 9.50. The monoisotopic (exact) mass is 516 g/mol. The van der Waals surface area contributed by atoms with Crippen LogP contribution in [0.5, 0.6) is 0 Å². The maximum atomic E-state index is 11.8. The summed E-state index contributed by atoms with van der Waals surface area (Å²) in [5, 5.41) is 22.0. The largest absolute Gasteiger partial charge is 0.377 e. The van der Waals surface area contributed by atoms with Crippen LogP contribution in [0.25, 0.3) is 21.9 Å². The fourth-order valence-corrected chi connectivity index (χ4v) is 5.42. The Morgan fingerprint density at radius 1 is 1.31 bits per heavy atom. The summed E-state index contributed by atoms with van der Waals surface area (Å²) in [7, 11) is 1.61. The average molecular weight is 516 g/mol. The van der Waals surface area contributed by atoms with Gasteiger partial charge in [0.25, 0.3) is 0 Å². The first-order chi connectivity index (χ1) is 13.8. The Balaban J connectivity index is 2.01. The highest BCUT2D eigenvalue weighted by molar-refractivity contribution is 14.2. The van der Waals surface area contributed by atoms with Gasteiger partial charge in [0.1, 0.15) is 11.4 Å². The van der Waals surface area contributed by atoms with E-state index in [-0.39, 0.29) is 5.92 Å². The molecule has 2 N–H and O–H groups in total. The molecule has 7 heteroatoms. The molecule has 29 heavy (non-hydrogen) atoms. The quantitative estimate of drug-likeness (QED) is 0.330. The van der Waals surface area contributed by atoms with E-state index < -0.39 is 5.60 Å². The third kappa shape index (κ3) is 3.23. The summed E-state index contributed by atoms with van der Waals surface area (Å²) in [5.41, 5.74) is 4.98. The molecule has 0 spiro atoms. The topological polar surface area (TPSA) is 77.6 Å². The van der Waals surface area contributed by atoms with Gasteiger partial charge in [-0.2, -0.15) is 5.26 Å². The van der Waals surface area contributed by atoms with Crippen molar-refractivity contribution in [1.82, 2.24) is 13.9 Å². The molecule has 0 amide bonds. The Morgan fingerprint density at radius 2 is 2.07 bits per heavy atom. The molecule has 1 atom stereocenters. The Morgan fingerprint density at radius 3 is 2.72 bits per heavy atom. The van der Waals surface area contributed by atoms with Crippen LogP contribution in [-0.2, 0) is 5.60 Å². The molecule has 0 radical (unpaired) electrons. The van der Waals surface area contributed by atoms with Crippen LogP contribution in [0.3, 0.4) is 0 Å². The number of aliphatic hydroxyl groups is 1. The summed E-state index contributed by atoms with van der Waals surface area (Å²) in [5.74, 6) is 0.717. The third-order valence-electron chi connectivity index (χ3n) is 5.41. The highest BCUT2D eigenvalue weighted by Gasteiger charge is 2.35. The zero-order valence-electron chi connectivity index (χ0n) is 16.6. The molecule has 2 aromatic heterocycles. The summed E-state index contributed by atoms with van der Waals surface area (Å²) in [6.45, 7) is 8.19. The third-order valence-corrected chi connectivity index (χ3v) is 7.14. The number of fused-ring (bicyclic) bond motifs is 2. The molecule has 0 saturated carbocycles. The van der Waals surface area contributed by atoms with Gasteiger partial charge in [-0.3, -0.25) is 3.97 Å². The van der Waals surface area contributed by atoms with E-state index >= 15 is 0 Å². The van der Waals surface area contributed by atoms with Gasteiger partial charge >= 0.3 is 0 Å². The van der Waals surface area contributed by atoms with Crippen molar-refractivity contribution < 1.29 is 5.11 Å². The first kappa shape index (κ1) is 20.3. The van der Waals surface area contributed by atoms with E-state index in [1.54, 1.807) is 34.2 Å². The number of nitriles is 1. The van der Waals surface area contributed by atoms with Crippen LogP contribution >= 0.6 is 30.3 Å². The van der Waals surface area contributed by atoms with Crippen molar-refractivity contribution >= 4 is 52.3 Å². The number of aromatic nitrogens is 3. The van der Waals surface area contributed by atoms with Crippen molar-refractivity contribution in [2.75, 3.05) is 0 Å². The predicted molar refractivity (Wildman–Crippen MR) is 127 cm³/mol. The Labute approximate surface area is 185 Å². The number of aromatic amines is 1. The molecule has 0 fully saturated rings. The molecule has 2 heterocycles. The van der Waals surface area contributed by atoms with Crippen molar-refractivity contribution in [2.24, 2.45) is 0 Å². The molecule has 0 saturated heterocycles. The molecule has 4 rings (SSSR count). The molecule has 0 aliphatic heterocycles. The number of imidazole rings is 1. The normalized spacial score (nSPS) is 13.9. The Kier molecular flexibility index (Phi) is 5.13. The molecule has 0 aliphatic carbocycles. The molecule has 0 bridgehead atoms. The SMILES string of the molecule is Cc1cc(C(C)C)c(C(C)(O)c2nc3ccc(C#N)cc3[nH]2)c2ccn(SI)c12. The molecule has 1 unspecified atom stereocenters. The van der Waals surface area contributed by atoms with Gasteiger partial charge in [0.15, 0.2) is 0 Å². The van der Waals surface area contributed by atoms with Crippen LogP contribution < -0.4 is 0 Å². The molecular weight excluding hydrogens is 495 g/mol. The number of rotatable bonds is 4. The summed E-state index contributed by atoms with van der Waals surface area (Å²) in [6.07, 6.45) is 2.04. The molecule has 0 aliphatic rings. The van der Waals surface area contributed by atoms with Gasteiger partial charge in [0, 0.05) is 47.5 Å². The van der Waals surface area contributed by atoms with Gasteiger partial charge in [-0.15, -0.1) is 0 Å². The number of nitrogens with zero attached hydrogens (tertiary/aromatic N) is 3. The van der Waals surface area contributed by atoms with Crippen molar-refractivity contribution in [3.8, 4) is 6.07 Å². The first-order valence-corrected chi connectivity index (χ1v) is 12.7. The fourth-order valence-electron chi connectivity index (χ4n) is 4.02. The van der Waals surface area contributed by atoms with Crippen LogP contribution in [0.1, 0.15) is 54.8 Å². The van der Waals surface area contributed by atoms with Gasteiger partial charge in [-0.25, -0.2) is 4.98 Å². The number of hydrogen-bond donors (Lipinski definition) is 2. The number of hydrogen-bond acceptors (Lipinski definition) is 4. The van der Waals surface area contributed by atoms with Crippen LogP contribution in [0.4, 0.5) is 0 Å². The van der Waals surface area contributed by atoms with Crippen molar-refractivity contribution in [1.29, 1.82) is 5.26 Å². The van der Waals surface area contributed by atoms with Gasteiger partial charge in [0.2, 0.25) is 0 Å². The Hall–Kier alpha value is -2.02. The lowest BCUT2D eigenvalue weighted by molar-refractivity contribution is 0.0938. The minimum atomic E-state index is -1.32. The zero-order chi connectivity index (χ0) is 20.9. The fraction of sp³-hybridized carbons (Fsp3) is 0.273. The van der Waals surface area contributed by atoms with E-state index in [1.807, 2.05) is 6.20 Å². The van der Waals surface area contributed by atoms with E-state index in [0.29, 0.717) is 11.4 Å². The highest BCUT2D eigenvalue weighted by atomic mass is 127. The molecule has 2 aromatic carbocycles. The highest BCUT2D eigenvalue weighted by Crippen LogP contribution is 2.42.